The first kappa shape index (κ1) is 102. The van der Waals surface area contributed by atoms with Crippen LogP contribution in [0, 0.1) is 0 Å². The molecule has 0 aliphatic carbocycles. The molecular formula is C78H153N3O9Si14. The quantitative estimate of drug-likeness (QED) is 0.0362. The SMILES string of the molecule is CC[Si](CC)(CC)N[Si](CC)(CC)CC.CN([Si](C)(C)C)[Si](C)(C)C.COC([SiH3])(OC)OC.CO[Si](C)(C)OC.C[SiH](C)C.C[Si](C)(C)C.C[Si]1(C)O[Si](C)(C)O[Si](C)(C)O[Si](C)(C)O1.c1ccc([Si](N[Si](c2ccccc2)(c2ccccc2)c2ccccc2)(c2ccccc2)c2ccccc2)cc1. The molecule has 0 spiro atoms. The molecule has 1 saturated heterocycles. The molecule has 6 aromatic carbocycles. The molecule has 12 nitrogen and oxygen atoms in total. The Bertz CT molecular complexity index is 2720. The fraction of sp³-hybridized carbons (Fsp3) is 0.538. The van der Waals surface area contributed by atoms with E-state index in [2.05, 4.69) is 382 Å². The number of ether oxygens (including phenoxy) is 3. The third-order valence-electron chi connectivity index (χ3n) is 18.3. The lowest BCUT2D eigenvalue weighted by Gasteiger charge is -2.46. The van der Waals surface area contributed by atoms with Crippen LogP contribution in [0.4, 0.5) is 0 Å². The van der Waals surface area contributed by atoms with Gasteiger partial charge in [0.1, 0.15) is 43.2 Å². The average molecular weight is 1670 g/mol. The zero-order chi connectivity index (χ0) is 80.4. The van der Waals surface area contributed by atoms with Gasteiger partial charge in [-0.05, 0) is 140 Å². The van der Waals surface area contributed by atoms with E-state index in [4.69, 9.17) is 39.5 Å². The summed E-state index contributed by atoms with van der Waals surface area (Å²) in [6.45, 7) is 65.6. The summed E-state index contributed by atoms with van der Waals surface area (Å²) >= 11 is 0. The second-order valence-corrected chi connectivity index (χ2v) is 90.6. The van der Waals surface area contributed by atoms with Crippen LogP contribution in [0.3, 0.4) is 0 Å². The van der Waals surface area contributed by atoms with Gasteiger partial charge in [-0.3, -0.25) is 0 Å². The van der Waals surface area contributed by atoms with Gasteiger partial charge in [-0.2, -0.15) is 0 Å². The van der Waals surface area contributed by atoms with Crippen molar-refractivity contribution < 1.29 is 39.5 Å². The van der Waals surface area contributed by atoms with E-state index in [0.717, 1.165) is 0 Å². The first-order chi connectivity index (χ1) is 47.9. The summed E-state index contributed by atoms with van der Waals surface area (Å²) in [5.41, 5.74) is -0.736. The predicted molar refractivity (Wildman–Crippen MR) is 497 cm³/mol. The molecule has 0 amide bonds. The smallest absolute Gasteiger partial charge is 0.331 e. The monoisotopic (exact) mass is 1670 g/mol. The second-order valence-electron chi connectivity index (χ2n) is 33.6. The maximum atomic E-state index is 6.16. The Morgan fingerprint density at radius 2 is 0.519 bits per heavy atom. The number of nitrogens with zero attached hydrogens (tertiary/aromatic N) is 1. The van der Waals surface area contributed by atoms with E-state index < -0.39 is 106 Å². The van der Waals surface area contributed by atoms with Crippen molar-refractivity contribution in [3.8, 4) is 0 Å². The summed E-state index contributed by atoms with van der Waals surface area (Å²) < 4.78 is 60.8. The molecule has 26 heteroatoms. The standard InChI is InChI=1S/C36H31NSi2.C12H31NSi2.C8H24O4Si4.C7H21NSi2.C4H12O3Si.C4H12O2Si.C4H12Si.C3H10Si/c1-7-19-31(20-8-1)38(32-21-9-2-10-22-32,33-23-11-3-12-24-33)37-39(34-25-13-4-14-26-34,35-27-15-5-16-28-35)36-29-17-6-18-30-36;1-7-14(8-2,9-3)13-15(10-4,11-5)12-6;1-13(2)9-14(3,4)11-16(7,8)12-15(5,6)10-13;1-8(9(2,3)4)10(5,6)7;1-5-4(8,6-2)7-3;1-5-7(3,4)6-2;1-5(2,3)4;1-4(2)3/h1-30,37H;13H,7-12H2,1-6H3;1-8H3;1-7H3;1-3,8H3;1-4H3;1-4H3;4H,1-3H3. The van der Waals surface area contributed by atoms with Crippen LogP contribution in [-0.2, 0) is 39.5 Å². The van der Waals surface area contributed by atoms with Crippen LogP contribution in [-0.4, -0.2) is 172 Å². The maximum Gasteiger partial charge on any atom is 0.331 e. The van der Waals surface area contributed by atoms with Crippen LogP contribution in [0.25, 0.3) is 0 Å². The summed E-state index contributed by atoms with van der Waals surface area (Å²) in [7, 11) is -9.63. The molecular weight excluding hydrogens is 1520 g/mol. The van der Waals surface area contributed by atoms with E-state index in [9.17, 15) is 0 Å². The Hall–Kier alpha value is -2.12. The topological polar surface area (TPSA) is 110 Å². The third kappa shape index (κ3) is 36.8. The highest BCUT2D eigenvalue weighted by Gasteiger charge is 2.52. The lowest BCUT2D eigenvalue weighted by atomic mass is 10.3. The average Bonchev–Trinajstić information content (AvgIpc) is 0.719. The first-order valence-corrected chi connectivity index (χ1v) is 76.8. The van der Waals surface area contributed by atoms with Crippen LogP contribution < -0.4 is 40.4 Å². The van der Waals surface area contributed by atoms with Gasteiger partial charge in [-0.1, -0.05) is 309 Å². The zero-order valence-electron chi connectivity index (χ0n) is 72.8. The molecule has 0 saturated carbocycles. The highest BCUT2D eigenvalue weighted by Crippen LogP contribution is 2.31. The molecule has 2 N–H and O–H groups in total. The Balaban J connectivity index is 0.00000136. The summed E-state index contributed by atoms with van der Waals surface area (Å²) in [6.07, 6.45) is 0. The van der Waals surface area contributed by atoms with E-state index in [1.165, 1.54) is 67.4 Å². The van der Waals surface area contributed by atoms with Gasteiger partial charge in [-0.15, -0.1) is 0 Å². The molecule has 590 valence electrons. The molecule has 7 rings (SSSR count). The minimum atomic E-state index is -2.80. The summed E-state index contributed by atoms with van der Waals surface area (Å²) in [4.78, 5) is 0. The Morgan fingerprint density at radius 3 is 0.615 bits per heavy atom. The molecule has 0 unspecified atom stereocenters. The van der Waals surface area contributed by atoms with Crippen molar-refractivity contribution in [3.63, 3.8) is 0 Å². The van der Waals surface area contributed by atoms with Gasteiger partial charge in [0.25, 0.3) is 0 Å². The molecule has 1 heterocycles. The van der Waals surface area contributed by atoms with Crippen LogP contribution in [0.15, 0.2) is 182 Å². The number of hydrogen-bond acceptors (Lipinski definition) is 12. The van der Waals surface area contributed by atoms with Crippen molar-refractivity contribution in [2.45, 2.75) is 234 Å². The molecule has 1 aliphatic heterocycles. The van der Waals surface area contributed by atoms with E-state index in [1.807, 2.05) is 13.1 Å². The van der Waals surface area contributed by atoms with Crippen LogP contribution in [0.1, 0.15) is 41.5 Å². The van der Waals surface area contributed by atoms with Crippen molar-refractivity contribution >= 4 is 150 Å². The summed E-state index contributed by atoms with van der Waals surface area (Å²) in [5, 5.41) is 8.09. The molecule has 1 fully saturated rings. The van der Waals surface area contributed by atoms with Gasteiger partial charge >= 0.3 is 42.8 Å². The van der Waals surface area contributed by atoms with Crippen molar-refractivity contribution in [2.24, 2.45) is 0 Å². The van der Waals surface area contributed by atoms with Gasteiger partial charge in [0.15, 0.2) is 0 Å². The second kappa shape index (κ2) is 46.6. The van der Waals surface area contributed by atoms with Gasteiger partial charge in [0.05, 0.1) is 0 Å². The van der Waals surface area contributed by atoms with E-state index in [-0.39, 0.29) is 8.80 Å². The van der Waals surface area contributed by atoms with Crippen LogP contribution in [0.2, 0.25) is 187 Å². The van der Waals surface area contributed by atoms with E-state index >= 15 is 0 Å². The van der Waals surface area contributed by atoms with Crippen LogP contribution in [0.5, 0.6) is 0 Å². The van der Waals surface area contributed by atoms with E-state index in [1.54, 1.807) is 35.5 Å². The van der Waals surface area contributed by atoms with Gasteiger partial charge in [-0.25, -0.2) is 0 Å². The van der Waals surface area contributed by atoms with Gasteiger partial charge in [0.2, 0.25) is 22.1 Å². The predicted octanol–water partition coefficient (Wildman–Crippen LogP) is 16.9. The van der Waals surface area contributed by atoms with Crippen molar-refractivity contribution in [3.05, 3.63) is 182 Å². The largest absolute Gasteiger partial charge is 0.416 e. The number of benzene rings is 6. The normalized spacial score (nSPS) is 15.2. The fourth-order valence-corrected chi connectivity index (χ4v) is 65.2. The van der Waals surface area contributed by atoms with Gasteiger partial charge < -0.3 is 53.1 Å². The third-order valence-corrected chi connectivity index (χ3v) is 67.8. The van der Waals surface area contributed by atoms with Crippen molar-refractivity contribution in [1.29, 1.82) is 0 Å². The Morgan fingerprint density at radius 1 is 0.356 bits per heavy atom. The minimum Gasteiger partial charge on any atom is -0.416 e. The number of nitrogens with one attached hydrogen (secondary N) is 2. The van der Waals surface area contributed by atoms with E-state index in [0.29, 0.717) is 10.2 Å². The fourth-order valence-electron chi connectivity index (χ4n) is 12.2. The molecule has 0 atom stereocenters. The highest BCUT2D eigenvalue weighted by molar-refractivity contribution is 7.23. The Labute approximate surface area is 656 Å². The Kier molecular flexibility index (Phi) is 45.7. The lowest BCUT2D eigenvalue weighted by Crippen LogP contribution is -2.89. The highest BCUT2D eigenvalue weighted by atomic mass is 28.5. The molecule has 1 aliphatic rings. The lowest BCUT2D eigenvalue weighted by molar-refractivity contribution is -0.292. The zero-order valence-corrected chi connectivity index (χ0v) is 87.9. The van der Waals surface area contributed by atoms with Crippen molar-refractivity contribution in [2.75, 3.05) is 42.6 Å². The molecule has 0 radical (unpaired) electrons. The number of hydrogen-bond donors (Lipinski definition) is 2. The first-order valence-electron chi connectivity index (χ1n) is 38.1. The number of rotatable bonds is 23. The summed E-state index contributed by atoms with van der Waals surface area (Å²) in [5.74, 6) is 0. The summed E-state index contributed by atoms with van der Waals surface area (Å²) in [6, 6.07) is 75.2. The van der Waals surface area contributed by atoms with Crippen molar-refractivity contribution in [1.82, 2.24) is 13.5 Å². The molecule has 0 aromatic heterocycles. The minimum absolute atomic E-state index is 0.139. The van der Waals surface area contributed by atoms with Gasteiger partial charge in [0, 0.05) is 52.4 Å². The maximum absolute atomic E-state index is 6.16. The molecule has 104 heavy (non-hydrogen) atoms. The number of methoxy groups -OCH3 is 3. The molecule has 6 aromatic rings. The molecule has 0 bridgehead atoms. The van der Waals surface area contributed by atoms with Crippen LogP contribution >= 0.6 is 0 Å².